The van der Waals surface area contributed by atoms with Crippen LogP contribution in [0.3, 0.4) is 0 Å². The van der Waals surface area contributed by atoms with Gasteiger partial charge in [-0.1, -0.05) is 17.7 Å². The van der Waals surface area contributed by atoms with Gasteiger partial charge in [-0.15, -0.1) is 0 Å². The van der Waals surface area contributed by atoms with Crippen molar-refractivity contribution in [2.75, 3.05) is 0 Å². The van der Waals surface area contributed by atoms with E-state index in [1.54, 1.807) is 36.7 Å². The van der Waals surface area contributed by atoms with E-state index in [9.17, 15) is 14.0 Å². The van der Waals surface area contributed by atoms with Gasteiger partial charge in [0.2, 0.25) is 0 Å². The molecule has 1 aromatic carbocycles. The van der Waals surface area contributed by atoms with Crippen molar-refractivity contribution >= 4 is 34.3 Å². The van der Waals surface area contributed by atoms with Gasteiger partial charge >= 0.3 is 0 Å². The van der Waals surface area contributed by atoms with Gasteiger partial charge in [0.15, 0.2) is 11.5 Å². The minimum atomic E-state index is -0.945. The molecule has 0 aliphatic rings. The number of benzene rings is 1. The SMILES string of the molecule is CC(NC(=O)c1cc2ccc(Cl)cc2n1C)c1cnc(C(N)=O)c(F)c1. The first kappa shape index (κ1) is 17.9. The molecule has 2 aromatic heterocycles. The summed E-state index contributed by atoms with van der Waals surface area (Å²) < 4.78 is 15.6. The Morgan fingerprint density at radius 3 is 2.69 bits per heavy atom. The Hall–Kier alpha value is -2.93. The van der Waals surface area contributed by atoms with Crippen molar-refractivity contribution in [2.24, 2.45) is 12.8 Å². The second-order valence-corrected chi connectivity index (χ2v) is 6.39. The molecular formula is C18H16ClFN4O2. The van der Waals surface area contributed by atoms with Crippen LogP contribution >= 0.6 is 11.6 Å². The summed E-state index contributed by atoms with van der Waals surface area (Å²) in [6, 6.07) is 7.73. The standard InChI is InChI=1S/C18H16ClFN4O2/c1-9(11-5-13(20)16(17(21)25)22-8-11)23-18(26)15-6-10-3-4-12(19)7-14(10)24(15)2/h3-9H,1-2H3,(H2,21,25)(H,23,26). The Labute approximate surface area is 153 Å². The summed E-state index contributed by atoms with van der Waals surface area (Å²) in [5.41, 5.74) is 6.29. The van der Waals surface area contributed by atoms with E-state index in [1.807, 2.05) is 6.07 Å². The van der Waals surface area contributed by atoms with Crippen molar-refractivity contribution in [1.29, 1.82) is 0 Å². The molecule has 0 saturated carbocycles. The van der Waals surface area contributed by atoms with Crippen LogP contribution in [0.15, 0.2) is 36.5 Å². The van der Waals surface area contributed by atoms with Gasteiger partial charge in [0.25, 0.3) is 11.8 Å². The molecule has 0 fully saturated rings. The van der Waals surface area contributed by atoms with E-state index < -0.39 is 23.5 Å². The monoisotopic (exact) mass is 374 g/mol. The van der Waals surface area contributed by atoms with Crippen molar-refractivity contribution in [3.8, 4) is 0 Å². The summed E-state index contributed by atoms with van der Waals surface area (Å²) in [4.78, 5) is 27.4. The molecule has 3 aromatic rings. The summed E-state index contributed by atoms with van der Waals surface area (Å²) in [5, 5.41) is 4.25. The number of carbonyl (C=O) groups is 2. The zero-order valence-electron chi connectivity index (χ0n) is 14.1. The number of carbonyl (C=O) groups excluding carboxylic acids is 2. The number of amides is 2. The zero-order valence-corrected chi connectivity index (χ0v) is 14.8. The molecule has 134 valence electrons. The van der Waals surface area contributed by atoms with E-state index in [4.69, 9.17) is 17.3 Å². The number of primary amides is 1. The van der Waals surface area contributed by atoms with Gasteiger partial charge in [-0.3, -0.25) is 9.59 Å². The van der Waals surface area contributed by atoms with Gasteiger partial charge in [-0.2, -0.15) is 0 Å². The second-order valence-electron chi connectivity index (χ2n) is 5.95. The van der Waals surface area contributed by atoms with Crippen molar-refractivity contribution in [3.05, 3.63) is 64.3 Å². The lowest BCUT2D eigenvalue weighted by Gasteiger charge is -2.15. The minimum absolute atomic E-state index is 0.327. The number of nitrogens with two attached hydrogens (primary N) is 1. The Kier molecular flexibility index (Phi) is 4.65. The summed E-state index contributed by atoms with van der Waals surface area (Å²) in [6.07, 6.45) is 1.31. The molecule has 1 unspecified atom stereocenters. The third-order valence-electron chi connectivity index (χ3n) is 4.18. The van der Waals surface area contributed by atoms with Gasteiger partial charge in [-0.05, 0) is 36.8 Å². The van der Waals surface area contributed by atoms with Crippen LogP contribution in [-0.2, 0) is 7.05 Å². The number of fused-ring (bicyclic) bond motifs is 1. The van der Waals surface area contributed by atoms with Crippen molar-refractivity contribution in [3.63, 3.8) is 0 Å². The first-order valence-corrected chi connectivity index (χ1v) is 8.17. The number of aromatic nitrogens is 2. The lowest BCUT2D eigenvalue weighted by molar-refractivity contribution is 0.0930. The first-order chi connectivity index (χ1) is 12.3. The van der Waals surface area contributed by atoms with E-state index in [1.165, 1.54) is 6.20 Å². The largest absolute Gasteiger partial charge is 0.364 e. The van der Waals surface area contributed by atoms with E-state index >= 15 is 0 Å². The van der Waals surface area contributed by atoms with Gasteiger partial charge in [0.05, 0.1) is 6.04 Å². The Morgan fingerprint density at radius 1 is 1.31 bits per heavy atom. The Balaban J connectivity index is 1.85. The number of aryl methyl sites for hydroxylation is 1. The van der Waals surface area contributed by atoms with Gasteiger partial charge in [0, 0.05) is 29.2 Å². The van der Waals surface area contributed by atoms with Crippen LogP contribution in [0.2, 0.25) is 5.02 Å². The second kappa shape index (κ2) is 6.76. The van der Waals surface area contributed by atoms with Crippen molar-refractivity contribution in [2.45, 2.75) is 13.0 Å². The molecule has 2 heterocycles. The summed E-state index contributed by atoms with van der Waals surface area (Å²) >= 11 is 6.00. The van der Waals surface area contributed by atoms with Crippen LogP contribution in [0, 0.1) is 5.82 Å². The predicted molar refractivity (Wildman–Crippen MR) is 96.5 cm³/mol. The molecule has 2 amide bonds. The summed E-state index contributed by atoms with van der Waals surface area (Å²) in [7, 11) is 1.76. The fourth-order valence-electron chi connectivity index (χ4n) is 2.75. The maximum atomic E-state index is 13.9. The average molecular weight is 375 g/mol. The number of hydrogen-bond donors (Lipinski definition) is 2. The van der Waals surface area contributed by atoms with Gasteiger partial charge < -0.3 is 15.6 Å². The van der Waals surface area contributed by atoms with Crippen LogP contribution in [-0.4, -0.2) is 21.4 Å². The molecule has 0 bridgehead atoms. The smallest absolute Gasteiger partial charge is 0.270 e. The van der Waals surface area contributed by atoms with Crippen molar-refractivity contribution < 1.29 is 14.0 Å². The molecule has 1 atom stereocenters. The molecule has 0 aliphatic heterocycles. The maximum absolute atomic E-state index is 13.9. The van der Waals surface area contributed by atoms with Crippen LogP contribution in [0.1, 0.15) is 39.5 Å². The Morgan fingerprint density at radius 2 is 2.04 bits per heavy atom. The predicted octanol–water partition coefficient (Wildman–Crippen LogP) is 2.96. The third-order valence-corrected chi connectivity index (χ3v) is 4.42. The van der Waals surface area contributed by atoms with E-state index in [0.717, 1.165) is 17.0 Å². The molecule has 6 nitrogen and oxygen atoms in total. The van der Waals surface area contributed by atoms with Crippen LogP contribution in [0.4, 0.5) is 4.39 Å². The molecule has 3 rings (SSSR count). The summed E-state index contributed by atoms with van der Waals surface area (Å²) in [5.74, 6) is -2.10. The fourth-order valence-corrected chi connectivity index (χ4v) is 2.91. The highest BCUT2D eigenvalue weighted by Crippen LogP contribution is 2.23. The number of nitrogens with one attached hydrogen (secondary N) is 1. The van der Waals surface area contributed by atoms with E-state index in [0.29, 0.717) is 16.3 Å². The quantitative estimate of drug-likeness (QED) is 0.735. The normalized spacial score (nSPS) is 12.2. The summed E-state index contributed by atoms with van der Waals surface area (Å²) in [6.45, 7) is 1.69. The lowest BCUT2D eigenvalue weighted by Crippen LogP contribution is -2.28. The van der Waals surface area contributed by atoms with Gasteiger partial charge in [-0.25, -0.2) is 9.37 Å². The van der Waals surface area contributed by atoms with Crippen molar-refractivity contribution in [1.82, 2.24) is 14.9 Å². The molecular weight excluding hydrogens is 359 g/mol. The molecule has 0 aliphatic carbocycles. The topological polar surface area (TPSA) is 90.0 Å². The Bertz CT molecular complexity index is 1030. The highest BCUT2D eigenvalue weighted by atomic mass is 35.5. The molecule has 0 saturated heterocycles. The van der Waals surface area contributed by atoms with Crippen LogP contribution in [0.5, 0.6) is 0 Å². The van der Waals surface area contributed by atoms with E-state index in [-0.39, 0.29) is 5.91 Å². The lowest BCUT2D eigenvalue weighted by atomic mass is 10.1. The number of halogens is 2. The third kappa shape index (κ3) is 3.25. The number of nitrogens with zero attached hydrogens (tertiary/aromatic N) is 2. The average Bonchev–Trinajstić information content (AvgIpc) is 2.91. The molecule has 26 heavy (non-hydrogen) atoms. The molecule has 8 heteroatoms. The highest BCUT2D eigenvalue weighted by Gasteiger charge is 2.18. The maximum Gasteiger partial charge on any atom is 0.270 e. The number of pyridine rings is 1. The highest BCUT2D eigenvalue weighted by molar-refractivity contribution is 6.31. The zero-order chi connectivity index (χ0) is 19.0. The van der Waals surface area contributed by atoms with Gasteiger partial charge in [0.1, 0.15) is 5.69 Å². The molecule has 0 radical (unpaired) electrons. The number of rotatable bonds is 4. The first-order valence-electron chi connectivity index (χ1n) is 7.79. The van der Waals surface area contributed by atoms with Crippen LogP contribution < -0.4 is 11.1 Å². The fraction of sp³-hybridized carbons (Fsp3) is 0.167. The van der Waals surface area contributed by atoms with Crippen LogP contribution in [0.25, 0.3) is 10.9 Å². The molecule has 0 spiro atoms. The minimum Gasteiger partial charge on any atom is -0.364 e. The molecule has 3 N–H and O–H groups in total. The number of hydrogen-bond acceptors (Lipinski definition) is 3. The van der Waals surface area contributed by atoms with E-state index in [2.05, 4.69) is 10.3 Å².